The topological polar surface area (TPSA) is 85.6 Å². The second-order valence-electron chi connectivity index (χ2n) is 7.31. The Kier molecular flexibility index (Phi) is 6.89. The van der Waals surface area contributed by atoms with Crippen LogP contribution in [0.25, 0.3) is 0 Å². The maximum Gasteiger partial charge on any atom is 0.320 e. The molecule has 0 radical (unpaired) electrons. The Bertz CT molecular complexity index is 1170. The van der Waals surface area contributed by atoms with Crippen LogP contribution in [0.5, 0.6) is 0 Å². The third kappa shape index (κ3) is 4.70. The molecule has 1 aliphatic rings. The van der Waals surface area contributed by atoms with E-state index >= 15 is 0 Å². The number of nitrogens with zero attached hydrogens (tertiary/aromatic N) is 5. The molecule has 4 rings (SSSR count). The Morgan fingerprint density at radius 2 is 1.91 bits per heavy atom. The number of alkyl halides is 2. The number of aliphatic hydroxyl groups is 2. The van der Waals surface area contributed by atoms with E-state index in [4.69, 9.17) is 28.3 Å². The highest BCUT2D eigenvalue weighted by Crippen LogP contribution is 2.36. The van der Waals surface area contributed by atoms with E-state index < -0.39 is 25.1 Å². The Morgan fingerprint density at radius 3 is 2.58 bits per heavy atom. The zero-order chi connectivity index (χ0) is 23.7. The minimum atomic E-state index is -2.95. The van der Waals surface area contributed by atoms with Gasteiger partial charge >= 0.3 is 6.55 Å². The average molecular weight is 500 g/mol. The molecule has 0 aliphatic carbocycles. The number of hydrogen-bond donors (Lipinski definition) is 2. The van der Waals surface area contributed by atoms with Crippen molar-refractivity contribution >= 4 is 40.5 Å². The van der Waals surface area contributed by atoms with Crippen molar-refractivity contribution in [3.05, 3.63) is 69.5 Å². The largest absolute Gasteiger partial charge is 0.393 e. The van der Waals surface area contributed by atoms with Crippen molar-refractivity contribution in [2.75, 3.05) is 23.0 Å². The van der Waals surface area contributed by atoms with Gasteiger partial charge in [0.05, 0.1) is 28.9 Å². The molecule has 33 heavy (non-hydrogen) atoms. The number of fused-ring (bicyclic) bond motifs is 1. The quantitative estimate of drug-likeness (QED) is 0.490. The SMILES string of the molecule is OC[C@@H](O)c1cnc(N2CCc3c(ncnc3N(c3ccc(F)c(Cl)c3)C(F)F)C2)c(Cl)c1. The fraction of sp³-hybridized carbons (Fsp3) is 0.286. The molecule has 0 spiro atoms. The van der Waals surface area contributed by atoms with Gasteiger partial charge in [-0.15, -0.1) is 0 Å². The highest BCUT2D eigenvalue weighted by atomic mass is 35.5. The monoisotopic (exact) mass is 499 g/mol. The van der Waals surface area contributed by atoms with Crippen LogP contribution in [0, 0.1) is 5.82 Å². The summed E-state index contributed by atoms with van der Waals surface area (Å²) in [6, 6.07) is 4.87. The van der Waals surface area contributed by atoms with Crippen LogP contribution in [0.4, 0.5) is 30.5 Å². The lowest BCUT2D eigenvalue weighted by molar-refractivity contribution is 0.0953. The third-order valence-corrected chi connectivity index (χ3v) is 5.86. The molecule has 0 fully saturated rings. The van der Waals surface area contributed by atoms with Crippen molar-refractivity contribution in [1.82, 2.24) is 15.0 Å². The van der Waals surface area contributed by atoms with Crippen LogP contribution in [-0.4, -0.2) is 44.9 Å². The normalized spacial score (nSPS) is 14.4. The highest BCUT2D eigenvalue weighted by Gasteiger charge is 2.29. The molecule has 3 aromatic rings. The van der Waals surface area contributed by atoms with Gasteiger partial charge in [0.25, 0.3) is 0 Å². The van der Waals surface area contributed by atoms with Gasteiger partial charge in [-0.1, -0.05) is 23.2 Å². The van der Waals surface area contributed by atoms with Gasteiger partial charge in [0.1, 0.15) is 29.9 Å². The highest BCUT2D eigenvalue weighted by molar-refractivity contribution is 6.33. The first-order chi connectivity index (χ1) is 15.8. The van der Waals surface area contributed by atoms with E-state index in [1.165, 1.54) is 24.7 Å². The molecule has 3 heterocycles. The van der Waals surface area contributed by atoms with Crippen LogP contribution in [-0.2, 0) is 13.0 Å². The molecule has 0 bridgehead atoms. The van der Waals surface area contributed by atoms with Gasteiger partial charge in [0.2, 0.25) is 0 Å². The van der Waals surface area contributed by atoms with Crippen molar-refractivity contribution in [2.45, 2.75) is 25.6 Å². The number of aliphatic hydroxyl groups excluding tert-OH is 2. The van der Waals surface area contributed by atoms with E-state index in [9.17, 15) is 18.3 Å². The van der Waals surface area contributed by atoms with E-state index in [2.05, 4.69) is 15.0 Å². The zero-order valence-electron chi connectivity index (χ0n) is 17.0. The Morgan fingerprint density at radius 1 is 1.12 bits per heavy atom. The fourth-order valence-electron chi connectivity index (χ4n) is 3.65. The molecule has 0 saturated heterocycles. The maximum absolute atomic E-state index is 14.1. The average Bonchev–Trinajstić information content (AvgIpc) is 2.80. The summed E-state index contributed by atoms with van der Waals surface area (Å²) < 4.78 is 41.7. The van der Waals surface area contributed by atoms with Gasteiger partial charge in [-0.05, 0) is 30.7 Å². The molecule has 174 valence electrons. The molecule has 1 aromatic carbocycles. The van der Waals surface area contributed by atoms with Crippen molar-refractivity contribution < 1.29 is 23.4 Å². The van der Waals surface area contributed by atoms with Crippen LogP contribution in [0.1, 0.15) is 22.9 Å². The van der Waals surface area contributed by atoms with Crippen LogP contribution in [0.3, 0.4) is 0 Å². The van der Waals surface area contributed by atoms with Crippen molar-refractivity contribution in [3.63, 3.8) is 0 Å². The summed E-state index contributed by atoms with van der Waals surface area (Å²) in [5.41, 5.74) is 1.42. The summed E-state index contributed by atoms with van der Waals surface area (Å²) in [6.45, 7) is -2.79. The first kappa shape index (κ1) is 23.5. The number of aromatic nitrogens is 3. The first-order valence-corrected chi connectivity index (χ1v) is 10.6. The van der Waals surface area contributed by atoms with Crippen LogP contribution >= 0.6 is 23.2 Å². The molecule has 0 unspecified atom stereocenters. The molecule has 12 heteroatoms. The van der Waals surface area contributed by atoms with Gasteiger partial charge in [-0.3, -0.25) is 4.90 Å². The Hall–Kier alpha value is -2.66. The molecule has 0 saturated carbocycles. The molecule has 7 nitrogen and oxygen atoms in total. The predicted octanol–water partition coefficient (Wildman–Crippen LogP) is 4.27. The summed E-state index contributed by atoms with van der Waals surface area (Å²) in [7, 11) is 0. The lowest BCUT2D eigenvalue weighted by Crippen LogP contribution is -2.34. The number of hydrogen-bond acceptors (Lipinski definition) is 7. The number of rotatable bonds is 6. The minimum absolute atomic E-state index is 0.00229. The van der Waals surface area contributed by atoms with Crippen LogP contribution in [0.15, 0.2) is 36.8 Å². The lowest BCUT2D eigenvalue weighted by Gasteiger charge is -2.32. The molecule has 1 aliphatic heterocycles. The second kappa shape index (κ2) is 9.68. The fourth-order valence-corrected chi connectivity index (χ4v) is 4.12. The predicted molar refractivity (Wildman–Crippen MR) is 118 cm³/mol. The molecule has 2 aromatic heterocycles. The Labute approximate surface area is 197 Å². The smallest absolute Gasteiger partial charge is 0.320 e. The summed E-state index contributed by atoms with van der Waals surface area (Å²) in [6.07, 6.45) is 1.83. The third-order valence-electron chi connectivity index (χ3n) is 5.29. The van der Waals surface area contributed by atoms with E-state index in [0.717, 1.165) is 12.1 Å². The number of anilines is 3. The second-order valence-corrected chi connectivity index (χ2v) is 8.13. The van der Waals surface area contributed by atoms with Gasteiger partial charge in [0, 0.05) is 29.6 Å². The van der Waals surface area contributed by atoms with Crippen molar-refractivity contribution in [3.8, 4) is 0 Å². The molecular formula is C21H18Cl2F3N5O2. The van der Waals surface area contributed by atoms with E-state index in [0.29, 0.717) is 40.5 Å². The first-order valence-electron chi connectivity index (χ1n) is 9.84. The summed E-state index contributed by atoms with van der Waals surface area (Å²) >= 11 is 12.1. The molecular weight excluding hydrogens is 482 g/mol. The van der Waals surface area contributed by atoms with Crippen molar-refractivity contribution in [1.29, 1.82) is 0 Å². The molecule has 2 N–H and O–H groups in total. The van der Waals surface area contributed by atoms with Gasteiger partial charge in [0.15, 0.2) is 0 Å². The van der Waals surface area contributed by atoms with Gasteiger partial charge in [-0.2, -0.15) is 8.78 Å². The lowest BCUT2D eigenvalue weighted by atomic mass is 10.0. The van der Waals surface area contributed by atoms with Gasteiger partial charge < -0.3 is 15.1 Å². The van der Waals surface area contributed by atoms with Gasteiger partial charge in [-0.25, -0.2) is 19.3 Å². The number of benzene rings is 1. The van der Waals surface area contributed by atoms with E-state index in [1.54, 1.807) is 0 Å². The number of halogens is 5. The summed E-state index contributed by atoms with van der Waals surface area (Å²) in [5.74, 6) is -0.262. The Balaban J connectivity index is 1.66. The zero-order valence-corrected chi connectivity index (χ0v) is 18.5. The standard InChI is InChI=1S/C21H18Cl2F3N5O2/c22-14-6-12(1-2-16(14)24)31(21(25)26)19-13-3-4-30(8-17(13)28-10-29-19)20-15(23)5-11(7-27-20)18(33)9-32/h1-2,5-7,10,18,21,32-33H,3-4,8-9H2/t18-/m1/s1. The van der Waals surface area contributed by atoms with E-state index in [1.807, 2.05) is 4.90 Å². The molecule has 1 atom stereocenters. The minimum Gasteiger partial charge on any atom is -0.393 e. The summed E-state index contributed by atoms with van der Waals surface area (Å²) in [5, 5.41) is 18.9. The number of pyridine rings is 1. The maximum atomic E-state index is 14.1. The van der Waals surface area contributed by atoms with Crippen LogP contribution in [0.2, 0.25) is 10.0 Å². The summed E-state index contributed by atoms with van der Waals surface area (Å²) in [4.78, 5) is 15.2. The molecule has 0 amide bonds. The van der Waals surface area contributed by atoms with E-state index in [-0.39, 0.29) is 28.1 Å². The van der Waals surface area contributed by atoms with Crippen molar-refractivity contribution in [2.24, 2.45) is 0 Å². The van der Waals surface area contributed by atoms with Crippen LogP contribution < -0.4 is 9.80 Å².